The van der Waals surface area contributed by atoms with E-state index < -0.39 is 0 Å². The van der Waals surface area contributed by atoms with Gasteiger partial charge in [0.05, 0.1) is 17.9 Å². The van der Waals surface area contributed by atoms with Gasteiger partial charge in [0.25, 0.3) is 5.91 Å². The van der Waals surface area contributed by atoms with Gasteiger partial charge in [-0.05, 0) is 25.8 Å². The van der Waals surface area contributed by atoms with Crippen molar-refractivity contribution < 1.29 is 8.68 Å². The van der Waals surface area contributed by atoms with Gasteiger partial charge in [-0.2, -0.15) is 0 Å². The maximum Gasteiger partial charge on any atom is 0.258 e. The van der Waals surface area contributed by atoms with Gasteiger partial charge in [-0.25, -0.2) is 8.96 Å². The summed E-state index contributed by atoms with van der Waals surface area (Å²) in [5.74, 6) is 0.0228. The molecule has 1 aliphatic heterocycles. The van der Waals surface area contributed by atoms with Crippen LogP contribution in [0.5, 0.6) is 0 Å². The van der Waals surface area contributed by atoms with Gasteiger partial charge in [-0.1, -0.05) is 19.3 Å². The average molecular weight is 377 g/mol. The maximum atomic E-state index is 13.1. The molecule has 7 heteroatoms. The quantitative estimate of drug-likeness (QED) is 0.722. The van der Waals surface area contributed by atoms with Crippen LogP contribution in [0.3, 0.4) is 0 Å². The fourth-order valence-corrected chi connectivity index (χ4v) is 4.31. The monoisotopic (exact) mass is 376 g/mol. The summed E-state index contributed by atoms with van der Waals surface area (Å²) >= 11 is 0.139. The topological polar surface area (TPSA) is 41.4 Å². The van der Waals surface area contributed by atoms with Gasteiger partial charge in [-0.15, -0.1) is 17.0 Å². The highest BCUT2D eigenvalue weighted by atomic mass is 32.2. The molecule has 4 rings (SSSR count). The molecule has 1 aliphatic carbocycles. The summed E-state index contributed by atoms with van der Waals surface area (Å²) in [6.07, 6.45) is 9.33. The number of anilines is 1. The standard InChI is InChI=1S/C17H21FN4OS.C2H4/c1-2-20-11-21(12-6-4-3-5-7-12)15-13-8-9-22(24-18)16(13)19-10-14(15)17(20)23;1-2/h8-10,12H,2-7,11H2,1H3;1-2H2. The highest BCUT2D eigenvalue weighted by molar-refractivity contribution is 7.92. The van der Waals surface area contributed by atoms with Crippen molar-refractivity contribution in [2.45, 2.75) is 45.1 Å². The Bertz CT molecular complexity index is 787. The van der Waals surface area contributed by atoms with Crippen molar-refractivity contribution in [1.82, 2.24) is 13.9 Å². The third-order valence-corrected chi connectivity index (χ3v) is 5.70. The second-order valence-corrected chi connectivity index (χ2v) is 7.06. The SMILES string of the molecule is C=C.CCN1CN(C2CCCCC2)c2c(cnc3c2ccn3SF)C1=O. The van der Waals surface area contributed by atoms with Crippen LogP contribution in [0, 0.1) is 0 Å². The van der Waals surface area contributed by atoms with Crippen molar-refractivity contribution in [1.29, 1.82) is 0 Å². The second kappa shape index (κ2) is 8.12. The summed E-state index contributed by atoms with van der Waals surface area (Å²) in [7, 11) is 0. The van der Waals surface area contributed by atoms with Gasteiger partial charge in [0, 0.05) is 30.4 Å². The predicted octanol–water partition coefficient (Wildman–Crippen LogP) is 4.79. The van der Waals surface area contributed by atoms with Crippen LogP contribution < -0.4 is 4.90 Å². The number of halogens is 1. The first-order valence-corrected chi connectivity index (χ1v) is 9.77. The molecule has 2 aromatic rings. The zero-order valence-corrected chi connectivity index (χ0v) is 16.0. The molecular formula is C19H25FN4OS. The molecule has 0 spiro atoms. The molecule has 0 radical (unpaired) electrons. The van der Waals surface area contributed by atoms with Crippen LogP contribution in [0.1, 0.15) is 49.4 Å². The Morgan fingerprint density at radius 3 is 2.69 bits per heavy atom. The van der Waals surface area contributed by atoms with Crippen LogP contribution in [0.4, 0.5) is 9.57 Å². The number of rotatable bonds is 3. The van der Waals surface area contributed by atoms with Crippen LogP contribution in [0.2, 0.25) is 0 Å². The van der Waals surface area contributed by atoms with Gasteiger partial charge < -0.3 is 9.80 Å². The lowest BCUT2D eigenvalue weighted by molar-refractivity contribution is 0.0743. The second-order valence-electron chi connectivity index (χ2n) is 6.53. The van der Waals surface area contributed by atoms with E-state index in [0.29, 0.717) is 30.5 Å². The van der Waals surface area contributed by atoms with E-state index in [1.54, 1.807) is 12.4 Å². The molecule has 5 nitrogen and oxygen atoms in total. The number of fused-ring (bicyclic) bond motifs is 3. The van der Waals surface area contributed by atoms with E-state index in [1.165, 1.54) is 23.2 Å². The maximum absolute atomic E-state index is 13.1. The molecule has 0 unspecified atom stereocenters. The first-order chi connectivity index (χ1) is 12.7. The lowest BCUT2D eigenvalue weighted by atomic mass is 9.92. The van der Waals surface area contributed by atoms with Gasteiger partial charge >= 0.3 is 0 Å². The highest BCUT2D eigenvalue weighted by Gasteiger charge is 2.35. The molecule has 0 aromatic carbocycles. The molecule has 1 fully saturated rings. The Morgan fingerprint density at radius 1 is 1.31 bits per heavy atom. The number of aromatic nitrogens is 2. The van der Waals surface area contributed by atoms with Crippen molar-refractivity contribution in [3.63, 3.8) is 0 Å². The van der Waals surface area contributed by atoms with E-state index in [0.717, 1.165) is 23.9 Å². The smallest absolute Gasteiger partial charge is 0.258 e. The van der Waals surface area contributed by atoms with E-state index >= 15 is 0 Å². The van der Waals surface area contributed by atoms with E-state index in [2.05, 4.69) is 23.0 Å². The van der Waals surface area contributed by atoms with Crippen LogP contribution in [-0.2, 0) is 0 Å². The molecule has 2 aliphatic rings. The Balaban J connectivity index is 0.000000948. The lowest BCUT2D eigenvalue weighted by Gasteiger charge is -2.43. The van der Waals surface area contributed by atoms with Crippen molar-refractivity contribution in [2.24, 2.45) is 0 Å². The molecule has 0 saturated heterocycles. The molecule has 140 valence electrons. The largest absolute Gasteiger partial charge is 0.349 e. The van der Waals surface area contributed by atoms with Crippen LogP contribution in [-0.4, -0.2) is 39.0 Å². The number of carbonyl (C=O) groups is 1. The van der Waals surface area contributed by atoms with Crippen molar-refractivity contribution in [3.8, 4) is 0 Å². The number of nitrogens with zero attached hydrogens (tertiary/aromatic N) is 4. The minimum absolute atomic E-state index is 0.0228. The molecule has 1 saturated carbocycles. The molecule has 0 bridgehead atoms. The summed E-state index contributed by atoms with van der Waals surface area (Å²) < 4.78 is 14.5. The zero-order chi connectivity index (χ0) is 18.7. The predicted molar refractivity (Wildman–Crippen MR) is 106 cm³/mol. The zero-order valence-electron chi connectivity index (χ0n) is 15.2. The number of amides is 1. The van der Waals surface area contributed by atoms with Crippen LogP contribution >= 0.6 is 12.3 Å². The Hall–Kier alpha value is -2.02. The average Bonchev–Trinajstić information content (AvgIpc) is 3.14. The van der Waals surface area contributed by atoms with Crippen LogP contribution in [0.15, 0.2) is 31.6 Å². The van der Waals surface area contributed by atoms with E-state index in [9.17, 15) is 8.68 Å². The first-order valence-electron chi connectivity index (χ1n) is 9.09. The number of pyridine rings is 1. The Morgan fingerprint density at radius 2 is 2.04 bits per heavy atom. The summed E-state index contributed by atoms with van der Waals surface area (Å²) in [5, 5.41) is 0.868. The molecule has 0 N–H and O–H groups in total. The van der Waals surface area contributed by atoms with Gasteiger partial charge in [-0.3, -0.25) is 4.79 Å². The van der Waals surface area contributed by atoms with E-state index in [-0.39, 0.29) is 18.2 Å². The minimum atomic E-state index is 0.0228. The normalized spacial score (nSPS) is 17.8. The summed E-state index contributed by atoms with van der Waals surface area (Å²) in [6.45, 7) is 9.30. The molecule has 3 heterocycles. The summed E-state index contributed by atoms with van der Waals surface area (Å²) in [5.41, 5.74) is 2.16. The molecule has 26 heavy (non-hydrogen) atoms. The fraction of sp³-hybridized carbons (Fsp3) is 0.474. The number of hydrogen-bond donors (Lipinski definition) is 0. The Kier molecular flexibility index (Phi) is 5.86. The third-order valence-electron chi connectivity index (χ3n) is 5.25. The van der Waals surface area contributed by atoms with Gasteiger partial charge in [0.15, 0.2) is 18.0 Å². The van der Waals surface area contributed by atoms with Crippen molar-refractivity contribution in [2.75, 3.05) is 18.1 Å². The van der Waals surface area contributed by atoms with E-state index in [1.807, 2.05) is 17.9 Å². The number of carbonyl (C=O) groups excluding carboxylic acids is 1. The van der Waals surface area contributed by atoms with Gasteiger partial charge in [0.2, 0.25) is 0 Å². The Labute approximate surface area is 158 Å². The molecule has 1 amide bonds. The highest BCUT2D eigenvalue weighted by Crippen LogP contribution is 2.39. The van der Waals surface area contributed by atoms with Crippen LogP contribution in [0.25, 0.3) is 11.0 Å². The summed E-state index contributed by atoms with van der Waals surface area (Å²) in [6, 6.07) is 2.31. The molecular weight excluding hydrogens is 351 g/mol. The van der Waals surface area contributed by atoms with E-state index in [4.69, 9.17) is 0 Å². The third kappa shape index (κ3) is 3.09. The summed E-state index contributed by atoms with van der Waals surface area (Å²) in [4.78, 5) is 21.3. The lowest BCUT2D eigenvalue weighted by Crippen LogP contribution is -2.51. The van der Waals surface area contributed by atoms with Gasteiger partial charge in [0.1, 0.15) is 0 Å². The van der Waals surface area contributed by atoms with Crippen molar-refractivity contribution in [3.05, 3.63) is 37.2 Å². The fourth-order valence-electron chi connectivity index (χ4n) is 3.99. The van der Waals surface area contributed by atoms with Crippen molar-refractivity contribution >= 4 is 35.0 Å². The molecule has 0 atom stereocenters. The first kappa shape index (κ1) is 18.8. The number of hydrogen-bond acceptors (Lipinski definition) is 4. The molecule has 2 aromatic heterocycles. The minimum Gasteiger partial charge on any atom is -0.349 e.